The lowest BCUT2D eigenvalue weighted by molar-refractivity contribution is -0.126. The van der Waals surface area contributed by atoms with Gasteiger partial charge >= 0.3 is 0 Å². The lowest BCUT2D eigenvalue weighted by Gasteiger charge is -2.58. The van der Waals surface area contributed by atoms with Crippen molar-refractivity contribution >= 4 is 11.6 Å². The fourth-order valence-electron chi connectivity index (χ4n) is 7.26. The molecule has 2 nitrogen and oxygen atoms in total. The van der Waals surface area contributed by atoms with Crippen molar-refractivity contribution in [1.29, 1.82) is 0 Å². The molecule has 0 N–H and O–H groups in total. The van der Waals surface area contributed by atoms with Crippen LogP contribution < -0.4 is 0 Å². The zero-order valence-electron chi connectivity index (χ0n) is 15.1. The molecule has 0 aromatic heterocycles. The first kappa shape index (κ1) is 16.3. The van der Waals surface area contributed by atoms with Gasteiger partial charge in [-0.1, -0.05) is 18.6 Å². The van der Waals surface area contributed by atoms with Gasteiger partial charge in [0, 0.05) is 17.8 Å². The fourth-order valence-corrected chi connectivity index (χ4v) is 7.26. The van der Waals surface area contributed by atoms with Crippen LogP contribution in [0, 0.1) is 34.5 Å². The second-order valence-corrected chi connectivity index (χ2v) is 9.06. The molecule has 4 rings (SSSR count). The first-order chi connectivity index (χ1) is 11.4. The molecule has 0 radical (unpaired) electrons. The van der Waals surface area contributed by atoms with Crippen LogP contribution in [-0.4, -0.2) is 11.6 Å². The number of Topliss-reactive ketones (excluding diaryl/α,β-unsaturated/α-hetero) is 1. The summed E-state index contributed by atoms with van der Waals surface area (Å²) >= 11 is 0. The van der Waals surface area contributed by atoms with E-state index in [0.717, 1.165) is 32.1 Å². The highest BCUT2D eigenvalue weighted by atomic mass is 16.1. The van der Waals surface area contributed by atoms with E-state index in [1.54, 1.807) is 6.92 Å². The Morgan fingerprint density at radius 3 is 2.67 bits per heavy atom. The zero-order chi connectivity index (χ0) is 17.1. The van der Waals surface area contributed by atoms with Crippen molar-refractivity contribution in [3.8, 4) is 0 Å². The molecule has 3 fully saturated rings. The van der Waals surface area contributed by atoms with Crippen molar-refractivity contribution in [3.05, 3.63) is 24.3 Å². The van der Waals surface area contributed by atoms with Crippen molar-refractivity contribution in [2.45, 2.75) is 65.2 Å². The summed E-state index contributed by atoms with van der Waals surface area (Å²) in [5.74, 6) is 2.90. The molecule has 0 bridgehead atoms. The number of allylic oxidation sites excluding steroid dienone is 2. The maximum atomic E-state index is 12.3. The molecule has 0 saturated heterocycles. The Hall–Kier alpha value is -1.18. The molecule has 6 atom stereocenters. The third-order valence-electron chi connectivity index (χ3n) is 8.42. The molecule has 0 aromatic carbocycles. The van der Waals surface area contributed by atoms with E-state index in [-0.39, 0.29) is 16.7 Å². The Balaban J connectivity index is 1.70. The number of ketones is 2. The third-order valence-corrected chi connectivity index (χ3v) is 8.42. The molecule has 0 amide bonds. The van der Waals surface area contributed by atoms with E-state index in [1.807, 2.05) is 6.08 Å². The highest BCUT2D eigenvalue weighted by Gasteiger charge is 2.60. The zero-order valence-corrected chi connectivity index (χ0v) is 15.1. The van der Waals surface area contributed by atoms with Gasteiger partial charge in [-0.25, -0.2) is 0 Å². The minimum absolute atomic E-state index is 0.0507. The molecule has 4 aliphatic rings. The quantitative estimate of drug-likeness (QED) is 0.677. The van der Waals surface area contributed by atoms with Crippen LogP contribution in [0.25, 0.3) is 0 Å². The minimum Gasteiger partial charge on any atom is -0.300 e. The van der Waals surface area contributed by atoms with E-state index in [4.69, 9.17) is 0 Å². The van der Waals surface area contributed by atoms with Crippen LogP contribution in [0.3, 0.4) is 0 Å². The summed E-state index contributed by atoms with van der Waals surface area (Å²) in [6.45, 7) is 8.38. The molecule has 0 spiro atoms. The largest absolute Gasteiger partial charge is 0.300 e. The molecule has 3 saturated carbocycles. The molecule has 0 aliphatic heterocycles. The molecule has 2 heteroatoms. The Labute approximate surface area is 145 Å². The molecule has 130 valence electrons. The summed E-state index contributed by atoms with van der Waals surface area (Å²) in [5.41, 5.74) is 1.69. The van der Waals surface area contributed by atoms with E-state index < -0.39 is 0 Å². The summed E-state index contributed by atoms with van der Waals surface area (Å²) < 4.78 is 0. The number of hydrogen-bond acceptors (Lipinski definition) is 2. The standard InChI is InChI=1S/C22H30O2/c1-4-22-12-10-19-17(20(22)8-7-18(22)14(2)23)6-5-15-13-16(24)9-11-21(15,19)3/h4,13,17-20H,1,5-12H2,2-3H3/t17-,18-,19+,20+,21+,22-/m1/s1. The Morgan fingerprint density at radius 2 is 1.96 bits per heavy atom. The first-order valence-electron chi connectivity index (χ1n) is 9.80. The van der Waals surface area contributed by atoms with E-state index in [0.29, 0.717) is 29.3 Å². The predicted octanol–water partition coefficient (Wildman–Crippen LogP) is 4.89. The van der Waals surface area contributed by atoms with Gasteiger partial charge in [-0.3, -0.25) is 9.59 Å². The molecule has 0 aromatic rings. The van der Waals surface area contributed by atoms with Crippen LogP contribution in [-0.2, 0) is 9.59 Å². The summed E-state index contributed by atoms with van der Waals surface area (Å²) in [6, 6.07) is 0. The van der Waals surface area contributed by atoms with Crippen LogP contribution >= 0.6 is 0 Å². The van der Waals surface area contributed by atoms with Crippen molar-refractivity contribution in [1.82, 2.24) is 0 Å². The van der Waals surface area contributed by atoms with Crippen LogP contribution in [0.15, 0.2) is 24.3 Å². The second-order valence-electron chi connectivity index (χ2n) is 9.06. The lowest BCUT2D eigenvalue weighted by atomic mass is 9.46. The monoisotopic (exact) mass is 326 g/mol. The summed E-state index contributed by atoms with van der Waals surface area (Å²) in [7, 11) is 0. The van der Waals surface area contributed by atoms with Crippen molar-refractivity contribution in [3.63, 3.8) is 0 Å². The Kier molecular flexibility index (Phi) is 3.67. The Bertz CT molecular complexity index is 628. The molecule has 24 heavy (non-hydrogen) atoms. The van der Waals surface area contributed by atoms with E-state index in [9.17, 15) is 9.59 Å². The van der Waals surface area contributed by atoms with Gasteiger partial charge in [-0.2, -0.15) is 0 Å². The van der Waals surface area contributed by atoms with E-state index >= 15 is 0 Å². The van der Waals surface area contributed by atoms with Gasteiger partial charge in [-0.15, -0.1) is 6.58 Å². The van der Waals surface area contributed by atoms with Crippen molar-refractivity contribution in [2.75, 3.05) is 0 Å². The van der Waals surface area contributed by atoms with E-state index in [1.165, 1.54) is 24.8 Å². The third kappa shape index (κ3) is 2.01. The summed E-state index contributed by atoms with van der Waals surface area (Å²) in [6.07, 6.45) is 12.7. The SMILES string of the molecule is C=C[C@]12CC[C@H]3[C@@H](CCC4=CC(=O)CC[C@@]43C)[C@@H]1CC[C@@H]2C(C)=O. The van der Waals surface area contributed by atoms with Gasteiger partial charge in [0.05, 0.1) is 0 Å². The van der Waals surface area contributed by atoms with Crippen LogP contribution in [0.5, 0.6) is 0 Å². The van der Waals surface area contributed by atoms with Crippen LogP contribution in [0.1, 0.15) is 65.2 Å². The number of carbonyl (C=O) groups is 2. The first-order valence-corrected chi connectivity index (χ1v) is 9.80. The average Bonchev–Trinajstić information content (AvgIpc) is 2.95. The molecular formula is C22H30O2. The normalized spacial score (nSPS) is 47.2. The molecular weight excluding hydrogens is 296 g/mol. The number of carbonyl (C=O) groups excluding carboxylic acids is 2. The van der Waals surface area contributed by atoms with Gasteiger partial charge in [0.15, 0.2) is 5.78 Å². The van der Waals surface area contributed by atoms with Gasteiger partial charge in [-0.05, 0) is 81.1 Å². The molecule has 0 unspecified atom stereocenters. The smallest absolute Gasteiger partial charge is 0.155 e. The number of fused-ring (bicyclic) bond motifs is 5. The predicted molar refractivity (Wildman–Crippen MR) is 95.4 cm³/mol. The topological polar surface area (TPSA) is 34.1 Å². The van der Waals surface area contributed by atoms with Gasteiger partial charge < -0.3 is 0 Å². The number of rotatable bonds is 2. The Morgan fingerprint density at radius 1 is 1.17 bits per heavy atom. The highest BCUT2D eigenvalue weighted by Crippen LogP contribution is 2.67. The average molecular weight is 326 g/mol. The maximum absolute atomic E-state index is 12.3. The minimum atomic E-state index is 0.0507. The van der Waals surface area contributed by atoms with Crippen molar-refractivity contribution in [2.24, 2.45) is 34.5 Å². The lowest BCUT2D eigenvalue weighted by Crippen LogP contribution is -2.51. The second kappa shape index (κ2) is 5.41. The molecule has 4 aliphatic carbocycles. The number of hydrogen-bond donors (Lipinski definition) is 0. The van der Waals surface area contributed by atoms with Gasteiger partial charge in [0.2, 0.25) is 0 Å². The van der Waals surface area contributed by atoms with Gasteiger partial charge in [0.1, 0.15) is 5.78 Å². The molecule has 0 heterocycles. The van der Waals surface area contributed by atoms with Gasteiger partial charge in [0.25, 0.3) is 0 Å². The highest BCUT2D eigenvalue weighted by molar-refractivity contribution is 5.91. The summed E-state index contributed by atoms with van der Waals surface area (Å²) in [5, 5.41) is 0. The maximum Gasteiger partial charge on any atom is 0.155 e. The van der Waals surface area contributed by atoms with Crippen LogP contribution in [0.4, 0.5) is 0 Å². The van der Waals surface area contributed by atoms with Crippen molar-refractivity contribution < 1.29 is 9.59 Å². The summed E-state index contributed by atoms with van der Waals surface area (Å²) in [4.78, 5) is 24.1. The fraction of sp³-hybridized carbons (Fsp3) is 0.727. The van der Waals surface area contributed by atoms with E-state index in [2.05, 4.69) is 19.6 Å². The van der Waals surface area contributed by atoms with Crippen LogP contribution in [0.2, 0.25) is 0 Å².